The molecule has 28 heavy (non-hydrogen) atoms. The van der Waals surface area contributed by atoms with Gasteiger partial charge in [0.15, 0.2) is 11.6 Å². The number of fused-ring (bicyclic) bond motifs is 1. The zero-order chi connectivity index (χ0) is 19.9. The number of likely N-dealkylation sites (tertiary alicyclic amines) is 1. The summed E-state index contributed by atoms with van der Waals surface area (Å²) in [5.41, 5.74) is -0.957. The summed E-state index contributed by atoms with van der Waals surface area (Å²) in [7, 11) is 0. The first-order chi connectivity index (χ1) is 13.4. The maximum Gasteiger partial charge on any atom is 0.165 e. The van der Waals surface area contributed by atoms with Crippen LogP contribution in [0.3, 0.4) is 0 Å². The Morgan fingerprint density at radius 2 is 2.07 bits per heavy atom. The fraction of sp³-hybridized carbons (Fsp3) is 0.450. The van der Waals surface area contributed by atoms with E-state index in [0.29, 0.717) is 18.7 Å². The van der Waals surface area contributed by atoms with Crippen LogP contribution in [0.25, 0.3) is 0 Å². The van der Waals surface area contributed by atoms with E-state index in [9.17, 15) is 24.8 Å². The number of ether oxygens (including phenoxy) is 1. The Bertz CT molecular complexity index is 836. The van der Waals surface area contributed by atoms with Crippen LogP contribution in [0.15, 0.2) is 42.6 Å². The van der Waals surface area contributed by atoms with Crippen molar-refractivity contribution < 1.29 is 29.6 Å². The van der Waals surface area contributed by atoms with Gasteiger partial charge in [-0.1, -0.05) is 12.1 Å². The molecule has 2 aromatic rings. The largest absolute Gasteiger partial charge is 0.506 e. The average Bonchev–Trinajstić information content (AvgIpc) is 3.09. The molecule has 5 atom stereocenters. The number of β-amino-alcohol motifs (C(OH)–C–C–N with tert-alkyl or cyclic N) is 2. The van der Waals surface area contributed by atoms with Crippen molar-refractivity contribution in [3.8, 4) is 11.5 Å². The molecular weight excluding hydrogens is 367 g/mol. The molecule has 0 spiro atoms. The molecule has 0 amide bonds. The lowest BCUT2D eigenvalue weighted by molar-refractivity contribution is -0.0879. The molecule has 2 aliphatic rings. The summed E-state index contributed by atoms with van der Waals surface area (Å²) in [6.07, 6.45) is -1.09. The summed E-state index contributed by atoms with van der Waals surface area (Å²) in [5, 5.41) is 41.3. The molecule has 1 saturated heterocycles. The average molecular weight is 390 g/mol. The van der Waals surface area contributed by atoms with Gasteiger partial charge in [-0.3, -0.25) is 9.88 Å². The van der Waals surface area contributed by atoms with Crippen LogP contribution in [-0.4, -0.2) is 67.8 Å². The van der Waals surface area contributed by atoms with Gasteiger partial charge in [0.2, 0.25) is 0 Å². The van der Waals surface area contributed by atoms with Gasteiger partial charge >= 0.3 is 0 Å². The fourth-order valence-corrected chi connectivity index (χ4v) is 4.25. The highest BCUT2D eigenvalue weighted by Crippen LogP contribution is 2.43. The summed E-state index contributed by atoms with van der Waals surface area (Å²) in [6.45, 7) is 0.882. The van der Waals surface area contributed by atoms with Crippen LogP contribution in [0.4, 0.5) is 4.39 Å². The van der Waals surface area contributed by atoms with Crippen LogP contribution in [0.5, 0.6) is 11.5 Å². The van der Waals surface area contributed by atoms with Crippen LogP contribution in [0.2, 0.25) is 0 Å². The van der Waals surface area contributed by atoms with Gasteiger partial charge in [0.25, 0.3) is 0 Å². The van der Waals surface area contributed by atoms with Gasteiger partial charge in [-0.15, -0.1) is 0 Å². The Morgan fingerprint density at radius 3 is 2.75 bits per heavy atom. The molecule has 0 bridgehead atoms. The molecule has 8 heteroatoms. The Kier molecular flexibility index (Phi) is 4.96. The smallest absolute Gasteiger partial charge is 0.165 e. The van der Waals surface area contributed by atoms with Crippen molar-refractivity contribution in [2.45, 2.75) is 30.3 Å². The Hall–Kier alpha value is -2.26. The van der Waals surface area contributed by atoms with Crippen molar-refractivity contribution in [2.24, 2.45) is 5.92 Å². The molecule has 1 saturated carbocycles. The number of aromatic hydroxyl groups is 1. The van der Waals surface area contributed by atoms with Crippen LogP contribution in [0, 0.1) is 11.7 Å². The molecule has 4 rings (SSSR count). The predicted molar refractivity (Wildman–Crippen MR) is 97.2 cm³/mol. The first-order valence-electron chi connectivity index (χ1n) is 9.24. The normalized spacial score (nSPS) is 30.9. The van der Waals surface area contributed by atoms with E-state index >= 15 is 0 Å². The standard InChI is InChI=1S/C20H23FN2O5/c21-14-3-1-2-4-17(14)28-18-7-12-9-23(11-20(12,27)19(18)26)10-16(25)15-6-5-13(24)8-22-15/h1-6,8,12,16,18-19,24-27H,7,9-11H2/t12-,16?,18+,19+,20-/m1/s1. The van der Waals surface area contributed by atoms with Gasteiger partial charge in [-0.25, -0.2) is 4.39 Å². The van der Waals surface area contributed by atoms with E-state index in [1.807, 2.05) is 4.90 Å². The first-order valence-corrected chi connectivity index (χ1v) is 9.24. The monoisotopic (exact) mass is 390 g/mol. The highest BCUT2D eigenvalue weighted by Gasteiger charge is 2.59. The fourth-order valence-electron chi connectivity index (χ4n) is 4.25. The zero-order valence-electron chi connectivity index (χ0n) is 15.1. The van der Waals surface area contributed by atoms with Crippen LogP contribution >= 0.6 is 0 Å². The maximum absolute atomic E-state index is 13.8. The molecule has 4 N–H and O–H groups in total. The van der Waals surface area contributed by atoms with Gasteiger partial charge in [-0.05, 0) is 30.7 Å². The van der Waals surface area contributed by atoms with E-state index in [-0.39, 0.29) is 30.5 Å². The molecular formula is C20H23FN2O5. The Morgan fingerprint density at radius 1 is 1.29 bits per heavy atom. The summed E-state index contributed by atoms with van der Waals surface area (Å²) in [4.78, 5) is 5.87. The molecule has 1 unspecified atom stereocenters. The van der Waals surface area contributed by atoms with Gasteiger partial charge < -0.3 is 25.2 Å². The minimum absolute atomic E-state index is 0.0185. The molecule has 1 aliphatic carbocycles. The van der Waals surface area contributed by atoms with Crippen molar-refractivity contribution in [1.29, 1.82) is 0 Å². The molecule has 1 aromatic carbocycles. The van der Waals surface area contributed by atoms with Crippen molar-refractivity contribution in [3.05, 3.63) is 54.1 Å². The number of para-hydroxylation sites is 1. The number of halogens is 1. The number of rotatable bonds is 5. The summed E-state index contributed by atoms with van der Waals surface area (Å²) < 4.78 is 19.5. The van der Waals surface area contributed by atoms with Gasteiger partial charge in [0.05, 0.1) is 11.9 Å². The second kappa shape index (κ2) is 7.29. The Labute approximate surface area is 161 Å². The third kappa shape index (κ3) is 3.44. The molecule has 0 radical (unpaired) electrons. The van der Waals surface area contributed by atoms with E-state index in [1.165, 1.54) is 24.4 Å². The third-order valence-electron chi connectivity index (χ3n) is 5.70. The second-order valence-electron chi connectivity index (χ2n) is 7.61. The number of pyridine rings is 1. The summed E-state index contributed by atoms with van der Waals surface area (Å²) >= 11 is 0. The lowest BCUT2D eigenvalue weighted by Gasteiger charge is -2.29. The van der Waals surface area contributed by atoms with Crippen molar-refractivity contribution in [1.82, 2.24) is 9.88 Å². The van der Waals surface area contributed by atoms with Gasteiger partial charge in [-0.2, -0.15) is 0 Å². The number of hydrogen-bond acceptors (Lipinski definition) is 7. The van der Waals surface area contributed by atoms with Crippen LogP contribution in [0.1, 0.15) is 18.2 Å². The lowest BCUT2D eigenvalue weighted by Crippen LogP contribution is -2.49. The summed E-state index contributed by atoms with van der Waals surface area (Å²) in [5.74, 6) is -0.685. The molecule has 2 fully saturated rings. The number of aliphatic hydroxyl groups excluding tert-OH is 2. The van der Waals surface area contributed by atoms with Crippen molar-refractivity contribution >= 4 is 0 Å². The van der Waals surface area contributed by atoms with E-state index in [2.05, 4.69) is 4.98 Å². The number of aromatic nitrogens is 1. The summed E-state index contributed by atoms with van der Waals surface area (Å²) in [6, 6.07) is 8.97. The SMILES string of the molecule is Oc1ccc(C(O)CN2C[C@H]3C[C@H](Oc4ccccc4F)[C@H](O)[C@@]3(O)C2)nc1. The Balaban J connectivity index is 1.39. The molecule has 1 aromatic heterocycles. The number of benzene rings is 1. The predicted octanol–water partition coefficient (Wildman–Crippen LogP) is 0.835. The highest BCUT2D eigenvalue weighted by molar-refractivity contribution is 5.25. The van der Waals surface area contributed by atoms with E-state index in [4.69, 9.17) is 4.74 Å². The minimum atomic E-state index is -1.38. The van der Waals surface area contributed by atoms with Crippen LogP contribution in [-0.2, 0) is 0 Å². The lowest BCUT2D eigenvalue weighted by atomic mass is 9.93. The van der Waals surface area contributed by atoms with Gasteiger partial charge in [0.1, 0.15) is 29.7 Å². The minimum Gasteiger partial charge on any atom is -0.506 e. The number of nitrogens with zero attached hydrogens (tertiary/aromatic N) is 2. The molecule has 2 heterocycles. The first kappa shape index (κ1) is 19.1. The third-order valence-corrected chi connectivity index (χ3v) is 5.70. The topological polar surface area (TPSA) is 106 Å². The number of hydrogen-bond donors (Lipinski definition) is 4. The van der Waals surface area contributed by atoms with E-state index < -0.39 is 29.7 Å². The quantitative estimate of drug-likeness (QED) is 0.599. The second-order valence-corrected chi connectivity index (χ2v) is 7.61. The van der Waals surface area contributed by atoms with E-state index in [0.717, 1.165) is 0 Å². The van der Waals surface area contributed by atoms with Crippen molar-refractivity contribution in [2.75, 3.05) is 19.6 Å². The number of aliphatic hydroxyl groups is 3. The maximum atomic E-state index is 13.8. The molecule has 1 aliphatic heterocycles. The van der Waals surface area contributed by atoms with Crippen molar-refractivity contribution in [3.63, 3.8) is 0 Å². The van der Waals surface area contributed by atoms with E-state index in [1.54, 1.807) is 18.2 Å². The highest BCUT2D eigenvalue weighted by atomic mass is 19.1. The molecule has 7 nitrogen and oxygen atoms in total. The molecule has 150 valence electrons. The van der Waals surface area contributed by atoms with Gasteiger partial charge in [0, 0.05) is 25.6 Å². The zero-order valence-corrected chi connectivity index (χ0v) is 15.1. The van der Waals surface area contributed by atoms with Crippen LogP contribution < -0.4 is 4.74 Å².